The second-order valence-corrected chi connectivity index (χ2v) is 4.81. The lowest BCUT2D eigenvalue weighted by Gasteiger charge is -2.30. The van der Waals surface area contributed by atoms with Gasteiger partial charge in [-0.3, -0.25) is 4.79 Å². The molecular weight excluding hydrogens is 284 g/mol. The van der Waals surface area contributed by atoms with E-state index in [1.807, 2.05) is 0 Å². The van der Waals surface area contributed by atoms with E-state index in [0.29, 0.717) is 4.73 Å². The van der Waals surface area contributed by atoms with Crippen molar-refractivity contribution in [1.82, 2.24) is 9.71 Å². The molecular formula is C12H18N2O7. The minimum Gasteiger partial charge on any atom is -0.409 e. The van der Waals surface area contributed by atoms with Gasteiger partial charge in [-0.25, -0.2) is 4.79 Å². The zero-order chi connectivity index (χ0) is 15.8. The maximum Gasteiger partial charge on any atom is 0.361 e. The quantitative estimate of drug-likeness (QED) is 0.476. The van der Waals surface area contributed by atoms with Crippen LogP contribution < -0.4 is 16.1 Å². The van der Waals surface area contributed by atoms with Crippen LogP contribution in [0.4, 0.5) is 0 Å². The van der Waals surface area contributed by atoms with Gasteiger partial charge in [0.1, 0.15) is 31.0 Å². The number of aliphatic hydroxyl groups excluding tert-OH is 3. The molecule has 1 aliphatic rings. The van der Waals surface area contributed by atoms with Gasteiger partial charge in [-0.05, 0) is 6.42 Å². The van der Waals surface area contributed by atoms with Gasteiger partial charge in [-0.15, -0.1) is 0 Å². The Morgan fingerprint density at radius 1 is 1.48 bits per heavy atom. The predicted molar refractivity (Wildman–Crippen MR) is 69.8 cm³/mol. The minimum absolute atomic E-state index is 0.0612. The average molecular weight is 302 g/mol. The van der Waals surface area contributed by atoms with Crippen molar-refractivity contribution in [3.63, 3.8) is 0 Å². The fourth-order valence-electron chi connectivity index (χ4n) is 2.66. The van der Waals surface area contributed by atoms with Gasteiger partial charge in [-0.1, -0.05) is 11.7 Å². The number of aliphatic hydroxyl groups is 3. The summed E-state index contributed by atoms with van der Waals surface area (Å²) in [6, 6.07) is 0. The number of H-pyrrole nitrogens is 1. The van der Waals surface area contributed by atoms with E-state index in [9.17, 15) is 24.9 Å². The molecule has 1 fully saturated rings. The SMILES string of the molecule is CC[C@@]1(c2c[nH]c(=O)n(OC)c2=O)O[C@H](CO)[C@@H](O)[C@H]1O. The maximum atomic E-state index is 12.3. The highest BCUT2D eigenvalue weighted by Crippen LogP contribution is 2.40. The molecule has 0 aromatic carbocycles. The molecule has 1 aliphatic heterocycles. The van der Waals surface area contributed by atoms with Gasteiger partial charge in [0, 0.05) is 6.20 Å². The van der Waals surface area contributed by atoms with Crippen molar-refractivity contribution in [2.75, 3.05) is 13.7 Å². The molecule has 0 amide bonds. The van der Waals surface area contributed by atoms with E-state index in [1.54, 1.807) is 6.92 Å². The second kappa shape index (κ2) is 5.60. The minimum atomic E-state index is -1.53. The van der Waals surface area contributed by atoms with Crippen LogP contribution in [0.2, 0.25) is 0 Å². The van der Waals surface area contributed by atoms with Crippen LogP contribution in [-0.2, 0) is 10.3 Å². The summed E-state index contributed by atoms with van der Waals surface area (Å²) in [4.78, 5) is 30.8. The summed E-state index contributed by atoms with van der Waals surface area (Å²) >= 11 is 0. The molecule has 4 atom stereocenters. The van der Waals surface area contributed by atoms with E-state index in [0.717, 1.165) is 13.3 Å². The highest BCUT2D eigenvalue weighted by atomic mass is 16.7. The number of ether oxygens (including phenoxy) is 1. The van der Waals surface area contributed by atoms with Crippen molar-refractivity contribution in [3.8, 4) is 0 Å². The molecule has 21 heavy (non-hydrogen) atoms. The van der Waals surface area contributed by atoms with Gasteiger partial charge in [0.05, 0.1) is 12.2 Å². The second-order valence-electron chi connectivity index (χ2n) is 4.81. The summed E-state index contributed by atoms with van der Waals surface area (Å²) < 4.78 is 6.02. The lowest BCUT2D eigenvalue weighted by atomic mass is 9.86. The highest BCUT2D eigenvalue weighted by Gasteiger charge is 2.55. The molecule has 0 bridgehead atoms. The predicted octanol–water partition coefficient (Wildman–Crippen LogP) is -2.69. The maximum absolute atomic E-state index is 12.3. The Morgan fingerprint density at radius 2 is 2.14 bits per heavy atom. The van der Waals surface area contributed by atoms with Crippen LogP contribution in [0.1, 0.15) is 18.9 Å². The molecule has 118 valence electrons. The van der Waals surface area contributed by atoms with Gasteiger partial charge in [-0.2, -0.15) is 0 Å². The van der Waals surface area contributed by atoms with Crippen LogP contribution in [0, 0.1) is 0 Å². The number of aromatic nitrogens is 2. The summed E-state index contributed by atoms with van der Waals surface area (Å²) in [5.41, 5.74) is -3.17. The summed E-state index contributed by atoms with van der Waals surface area (Å²) in [5.74, 6) is 0. The molecule has 1 aromatic rings. The first kappa shape index (κ1) is 15.7. The molecule has 0 radical (unpaired) electrons. The van der Waals surface area contributed by atoms with E-state index in [-0.39, 0.29) is 12.0 Å². The van der Waals surface area contributed by atoms with Crippen molar-refractivity contribution < 1.29 is 24.9 Å². The Labute approximate surface area is 119 Å². The molecule has 4 N–H and O–H groups in total. The van der Waals surface area contributed by atoms with Gasteiger partial charge in [0.25, 0.3) is 5.56 Å². The first-order valence-electron chi connectivity index (χ1n) is 6.47. The molecule has 2 rings (SSSR count). The van der Waals surface area contributed by atoms with Crippen molar-refractivity contribution in [3.05, 3.63) is 32.6 Å². The Bertz CT molecular complexity index is 625. The van der Waals surface area contributed by atoms with Crippen LogP contribution in [-0.4, -0.2) is 57.1 Å². The molecule has 1 saturated heterocycles. The number of nitrogens with one attached hydrogen (secondary N) is 1. The Balaban J connectivity index is 2.63. The molecule has 0 aliphatic carbocycles. The summed E-state index contributed by atoms with van der Waals surface area (Å²) in [7, 11) is 1.15. The van der Waals surface area contributed by atoms with Crippen LogP contribution in [0.3, 0.4) is 0 Å². The van der Waals surface area contributed by atoms with Crippen LogP contribution in [0.25, 0.3) is 0 Å². The monoisotopic (exact) mass is 302 g/mol. The van der Waals surface area contributed by atoms with Crippen molar-refractivity contribution >= 4 is 0 Å². The smallest absolute Gasteiger partial charge is 0.361 e. The van der Waals surface area contributed by atoms with E-state index in [4.69, 9.17) is 9.57 Å². The van der Waals surface area contributed by atoms with E-state index >= 15 is 0 Å². The topological polar surface area (TPSA) is 134 Å². The van der Waals surface area contributed by atoms with Crippen LogP contribution in [0.5, 0.6) is 0 Å². The molecule has 0 unspecified atom stereocenters. The molecule has 9 heteroatoms. The third-order valence-corrected chi connectivity index (χ3v) is 3.83. The Morgan fingerprint density at radius 3 is 2.62 bits per heavy atom. The van der Waals surface area contributed by atoms with Gasteiger partial charge in [0.2, 0.25) is 0 Å². The third kappa shape index (κ3) is 2.18. The van der Waals surface area contributed by atoms with Crippen LogP contribution >= 0.6 is 0 Å². The first-order chi connectivity index (χ1) is 9.92. The summed E-state index contributed by atoms with van der Waals surface area (Å²) in [6.07, 6.45) is -2.53. The molecule has 1 aromatic heterocycles. The third-order valence-electron chi connectivity index (χ3n) is 3.83. The molecule has 0 saturated carbocycles. The first-order valence-corrected chi connectivity index (χ1v) is 6.47. The van der Waals surface area contributed by atoms with Gasteiger partial charge >= 0.3 is 5.69 Å². The number of aromatic amines is 1. The summed E-state index contributed by atoms with van der Waals surface area (Å²) in [6.45, 7) is 1.14. The lowest BCUT2D eigenvalue weighted by Crippen LogP contribution is -2.49. The molecule has 2 heterocycles. The fourth-order valence-corrected chi connectivity index (χ4v) is 2.66. The van der Waals surface area contributed by atoms with E-state index in [2.05, 4.69) is 4.98 Å². The van der Waals surface area contributed by atoms with E-state index < -0.39 is 41.8 Å². The van der Waals surface area contributed by atoms with Gasteiger partial charge < -0.3 is 29.9 Å². The van der Waals surface area contributed by atoms with E-state index in [1.165, 1.54) is 0 Å². The van der Waals surface area contributed by atoms with Crippen LogP contribution in [0.15, 0.2) is 15.8 Å². The zero-order valence-electron chi connectivity index (χ0n) is 11.6. The Kier molecular flexibility index (Phi) is 4.19. The Hall–Kier alpha value is -1.68. The van der Waals surface area contributed by atoms with Crippen molar-refractivity contribution in [2.45, 2.75) is 37.3 Å². The normalized spacial score (nSPS) is 32.3. The fraction of sp³-hybridized carbons (Fsp3) is 0.667. The van der Waals surface area contributed by atoms with Gasteiger partial charge in [0.15, 0.2) is 0 Å². The number of hydrogen-bond donors (Lipinski definition) is 4. The standard InChI is InChI=1S/C12H18N2O7/c1-3-12(9(17)8(16)7(5-15)21-12)6-4-13-11(19)14(20-2)10(6)18/h4,7-9,15-17H,3,5H2,1-2H3,(H,13,19)/t7-,8-,9-,12+/m1/s1. The molecule has 9 nitrogen and oxygen atoms in total. The number of nitrogens with zero attached hydrogens (tertiary/aromatic N) is 1. The summed E-state index contributed by atoms with van der Waals surface area (Å²) in [5, 5.41) is 29.3. The largest absolute Gasteiger partial charge is 0.409 e. The number of rotatable bonds is 4. The number of hydrogen-bond acceptors (Lipinski definition) is 7. The lowest BCUT2D eigenvalue weighted by molar-refractivity contribution is -0.102. The zero-order valence-corrected chi connectivity index (χ0v) is 11.6. The molecule has 0 spiro atoms. The van der Waals surface area contributed by atoms with Crippen molar-refractivity contribution in [2.24, 2.45) is 0 Å². The average Bonchev–Trinajstić information content (AvgIpc) is 2.73. The highest BCUT2D eigenvalue weighted by molar-refractivity contribution is 5.22. The van der Waals surface area contributed by atoms with Crippen molar-refractivity contribution in [1.29, 1.82) is 0 Å².